The van der Waals surface area contributed by atoms with Crippen LogP contribution in [0.1, 0.15) is 19.4 Å². The minimum atomic E-state index is 0.152. The highest BCUT2D eigenvalue weighted by molar-refractivity contribution is 7.99. The second kappa shape index (κ2) is 7.85. The van der Waals surface area contributed by atoms with Crippen molar-refractivity contribution in [2.75, 3.05) is 18.1 Å². The van der Waals surface area contributed by atoms with E-state index in [9.17, 15) is 0 Å². The summed E-state index contributed by atoms with van der Waals surface area (Å²) >= 11 is 8.01. The van der Waals surface area contributed by atoms with Gasteiger partial charge in [0.25, 0.3) is 0 Å². The summed E-state index contributed by atoms with van der Waals surface area (Å²) in [6.45, 7) is 4.82. The largest absolute Gasteiger partial charge is 0.491 e. The Bertz CT molecular complexity index is 344. The molecule has 0 aliphatic carbocycles. The third-order valence-corrected chi connectivity index (χ3v) is 3.40. The van der Waals surface area contributed by atoms with Crippen molar-refractivity contribution in [3.05, 3.63) is 28.8 Å². The highest BCUT2D eigenvalue weighted by Gasteiger charge is 2.04. The molecule has 1 rings (SSSR count). The molecule has 0 saturated carbocycles. The van der Waals surface area contributed by atoms with Gasteiger partial charge >= 0.3 is 0 Å². The predicted octanol–water partition coefficient (Wildman–Crippen LogP) is 3.36. The van der Waals surface area contributed by atoms with Gasteiger partial charge < -0.3 is 10.5 Å². The second-order valence-corrected chi connectivity index (χ2v) is 5.79. The van der Waals surface area contributed by atoms with Gasteiger partial charge in [0, 0.05) is 11.8 Å². The molecule has 0 fully saturated rings. The molecule has 0 aromatic heterocycles. The molecule has 96 valence electrons. The van der Waals surface area contributed by atoms with E-state index in [1.54, 1.807) is 0 Å². The lowest BCUT2D eigenvalue weighted by atomic mass is 10.1. The molecule has 0 bridgehead atoms. The number of halogens is 1. The van der Waals surface area contributed by atoms with E-state index < -0.39 is 0 Å². The normalized spacial score (nSPS) is 12.5. The van der Waals surface area contributed by atoms with Crippen molar-refractivity contribution >= 4 is 23.4 Å². The number of rotatable bonds is 7. The Balaban J connectivity index is 2.51. The smallest absolute Gasteiger partial charge is 0.137 e. The molecule has 0 aliphatic rings. The van der Waals surface area contributed by atoms with E-state index in [4.69, 9.17) is 22.1 Å². The van der Waals surface area contributed by atoms with Crippen LogP contribution in [0, 0.1) is 0 Å². The van der Waals surface area contributed by atoms with Gasteiger partial charge in [-0.15, -0.1) is 0 Å². The molecular weight excluding hydrogens is 254 g/mol. The van der Waals surface area contributed by atoms with Gasteiger partial charge in [0.05, 0.1) is 11.6 Å². The van der Waals surface area contributed by atoms with Crippen molar-refractivity contribution in [1.29, 1.82) is 0 Å². The average molecular weight is 274 g/mol. The van der Waals surface area contributed by atoms with Crippen molar-refractivity contribution in [3.8, 4) is 5.75 Å². The van der Waals surface area contributed by atoms with Gasteiger partial charge in [0.2, 0.25) is 0 Å². The van der Waals surface area contributed by atoms with Crippen LogP contribution in [0.25, 0.3) is 0 Å². The third kappa shape index (κ3) is 5.66. The van der Waals surface area contributed by atoms with Crippen LogP contribution in [0.3, 0.4) is 0 Å². The van der Waals surface area contributed by atoms with Crippen LogP contribution in [0.15, 0.2) is 18.2 Å². The van der Waals surface area contributed by atoms with Crippen molar-refractivity contribution in [2.24, 2.45) is 5.73 Å². The van der Waals surface area contributed by atoms with E-state index in [0.717, 1.165) is 29.2 Å². The van der Waals surface area contributed by atoms with Gasteiger partial charge in [0.1, 0.15) is 5.75 Å². The molecule has 0 saturated heterocycles. The van der Waals surface area contributed by atoms with Crippen LogP contribution in [0.4, 0.5) is 0 Å². The van der Waals surface area contributed by atoms with Crippen LogP contribution in [-0.2, 0) is 6.42 Å². The molecule has 0 amide bonds. The van der Waals surface area contributed by atoms with Crippen LogP contribution < -0.4 is 10.5 Å². The molecule has 4 heteroatoms. The van der Waals surface area contributed by atoms with E-state index in [2.05, 4.69) is 6.92 Å². The minimum absolute atomic E-state index is 0.152. The Morgan fingerprint density at radius 2 is 2.24 bits per heavy atom. The van der Waals surface area contributed by atoms with Gasteiger partial charge in [-0.05, 0) is 36.8 Å². The number of benzene rings is 1. The van der Waals surface area contributed by atoms with E-state index in [1.807, 2.05) is 36.9 Å². The average Bonchev–Trinajstić information content (AvgIpc) is 2.26. The zero-order valence-electron chi connectivity index (χ0n) is 10.4. The monoisotopic (exact) mass is 273 g/mol. The second-order valence-electron chi connectivity index (χ2n) is 3.99. The van der Waals surface area contributed by atoms with Crippen LogP contribution >= 0.6 is 23.4 Å². The Hall–Kier alpha value is -0.380. The Kier molecular flexibility index (Phi) is 6.78. The fourth-order valence-electron chi connectivity index (χ4n) is 1.52. The van der Waals surface area contributed by atoms with Crippen molar-refractivity contribution in [3.63, 3.8) is 0 Å². The van der Waals surface area contributed by atoms with Crippen LogP contribution in [0.2, 0.25) is 5.02 Å². The maximum atomic E-state index is 6.15. The summed E-state index contributed by atoms with van der Waals surface area (Å²) in [6, 6.07) is 6.04. The number of thioether (sulfide) groups is 1. The lowest BCUT2D eigenvalue weighted by Gasteiger charge is -2.10. The first kappa shape index (κ1) is 14.7. The van der Waals surface area contributed by atoms with E-state index in [0.29, 0.717) is 11.6 Å². The summed E-state index contributed by atoms with van der Waals surface area (Å²) in [5.41, 5.74) is 6.90. The Morgan fingerprint density at radius 3 is 2.82 bits per heavy atom. The minimum Gasteiger partial charge on any atom is -0.491 e. The first-order valence-corrected chi connectivity index (χ1v) is 7.41. The van der Waals surface area contributed by atoms with Gasteiger partial charge in [-0.2, -0.15) is 11.8 Å². The summed E-state index contributed by atoms with van der Waals surface area (Å²) in [7, 11) is 0. The first-order valence-electron chi connectivity index (χ1n) is 5.88. The lowest BCUT2D eigenvalue weighted by molar-refractivity contribution is 0.344. The summed E-state index contributed by atoms with van der Waals surface area (Å²) in [4.78, 5) is 0. The molecular formula is C13H20ClNOS. The Labute approximate surface area is 113 Å². The highest BCUT2D eigenvalue weighted by Crippen LogP contribution is 2.26. The SMILES string of the molecule is CCSCCOc1ccc(CC(C)N)cc1Cl. The number of nitrogens with two attached hydrogens (primary N) is 1. The molecule has 0 spiro atoms. The summed E-state index contributed by atoms with van der Waals surface area (Å²) < 4.78 is 5.61. The molecule has 0 heterocycles. The number of hydrogen-bond donors (Lipinski definition) is 1. The standard InChI is InChI=1S/C13H20ClNOS/c1-3-17-7-6-16-13-5-4-11(8-10(2)15)9-12(13)14/h4-5,9-10H,3,6-8,15H2,1-2H3. The Morgan fingerprint density at radius 1 is 1.47 bits per heavy atom. The molecule has 1 aromatic carbocycles. The van der Waals surface area contributed by atoms with Crippen molar-refractivity contribution < 1.29 is 4.74 Å². The lowest BCUT2D eigenvalue weighted by Crippen LogP contribution is -2.17. The zero-order valence-corrected chi connectivity index (χ0v) is 12.0. The van der Waals surface area contributed by atoms with E-state index >= 15 is 0 Å². The van der Waals surface area contributed by atoms with Crippen LogP contribution in [0.5, 0.6) is 5.75 Å². The van der Waals surface area contributed by atoms with Gasteiger partial charge in [-0.25, -0.2) is 0 Å². The number of ether oxygens (including phenoxy) is 1. The summed E-state index contributed by atoms with van der Waals surface area (Å²) in [6.07, 6.45) is 0.839. The van der Waals surface area contributed by atoms with Gasteiger partial charge in [0.15, 0.2) is 0 Å². The predicted molar refractivity (Wildman–Crippen MR) is 77.3 cm³/mol. The molecule has 17 heavy (non-hydrogen) atoms. The molecule has 1 aromatic rings. The topological polar surface area (TPSA) is 35.2 Å². The maximum absolute atomic E-state index is 6.15. The van der Waals surface area contributed by atoms with E-state index in [-0.39, 0.29) is 6.04 Å². The number of hydrogen-bond acceptors (Lipinski definition) is 3. The van der Waals surface area contributed by atoms with E-state index in [1.165, 1.54) is 0 Å². The van der Waals surface area contributed by atoms with Gasteiger partial charge in [-0.3, -0.25) is 0 Å². The fourth-order valence-corrected chi connectivity index (χ4v) is 2.26. The molecule has 1 unspecified atom stereocenters. The maximum Gasteiger partial charge on any atom is 0.137 e. The quantitative estimate of drug-likeness (QED) is 0.774. The third-order valence-electron chi connectivity index (χ3n) is 2.24. The summed E-state index contributed by atoms with van der Waals surface area (Å²) in [5.74, 6) is 2.87. The molecule has 2 nitrogen and oxygen atoms in total. The fraction of sp³-hybridized carbons (Fsp3) is 0.538. The molecule has 0 radical (unpaired) electrons. The molecule has 2 N–H and O–H groups in total. The summed E-state index contributed by atoms with van der Waals surface area (Å²) in [5, 5.41) is 0.671. The van der Waals surface area contributed by atoms with Crippen molar-refractivity contribution in [2.45, 2.75) is 26.3 Å². The van der Waals surface area contributed by atoms with Gasteiger partial charge in [-0.1, -0.05) is 24.6 Å². The van der Waals surface area contributed by atoms with Crippen molar-refractivity contribution in [1.82, 2.24) is 0 Å². The first-order chi connectivity index (χ1) is 8.13. The van der Waals surface area contributed by atoms with Crippen LogP contribution in [-0.4, -0.2) is 24.2 Å². The highest BCUT2D eigenvalue weighted by atomic mass is 35.5. The zero-order chi connectivity index (χ0) is 12.7. The molecule has 0 aliphatic heterocycles. The molecule has 1 atom stereocenters.